The van der Waals surface area contributed by atoms with Gasteiger partial charge in [0.25, 0.3) is 0 Å². The number of nitrogens with zero attached hydrogens (tertiary/aromatic N) is 1. The molecule has 0 unspecified atom stereocenters. The molecule has 1 aliphatic rings. The number of aryl methyl sites for hydroxylation is 1. The molecule has 0 bridgehead atoms. The van der Waals surface area contributed by atoms with E-state index in [2.05, 4.69) is 10.6 Å². The van der Waals surface area contributed by atoms with Gasteiger partial charge in [-0.05, 0) is 60.9 Å². The highest BCUT2D eigenvalue weighted by molar-refractivity contribution is 7.91. The second-order valence-electron chi connectivity index (χ2n) is 5.51. The zero-order chi connectivity index (χ0) is 17.2. The van der Waals surface area contributed by atoms with E-state index in [1.54, 1.807) is 42.5 Å². The maximum absolute atomic E-state index is 12.0. The number of fused-ring (bicyclic) bond motifs is 1. The Kier molecular flexibility index (Phi) is 4.23. The molecule has 0 saturated carbocycles. The fourth-order valence-corrected chi connectivity index (χ4v) is 4.22. The van der Waals surface area contributed by atoms with Crippen LogP contribution in [0.1, 0.15) is 17.5 Å². The maximum atomic E-state index is 12.0. The van der Waals surface area contributed by atoms with Crippen LogP contribution in [-0.2, 0) is 16.3 Å². The number of hydrogen-bond acceptors (Lipinski definition) is 4. The monoisotopic (exact) mass is 341 g/mol. The van der Waals surface area contributed by atoms with Crippen LogP contribution in [0.4, 0.5) is 16.2 Å². The molecule has 2 aromatic rings. The number of benzene rings is 2. The number of hydrogen-bond donors (Lipinski definition) is 2. The average molecular weight is 341 g/mol. The standard InChI is InChI=1S/C17H15N3O3S/c18-11-12-3-5-14(6-4-12)19-17(21)20-15-7-8-16-13(10-15)2-1-9-24(16,22)23/h3-8,10H,1-2,9H2,(H2,19,20,21). The van der Waals surface area contributed by atoms with Crippen LogP contribution in [0.5, 0.6) is 0 Å². The molecule has 24 heavy (non-hydrogen) atoms. The summed E-state index contributed by atoms with van der Waals surface area (Å²) in [6, 6.07) is 12.9. The zero-order valence-corrected chi connectivity index (χ0v) is 13.6. The van der Waals surface area contributed by atoms with Crippen LogP contribution in [0.15, 0.2) is 47.4 Å². The Hall–Kier alpha value is -2.85. The Balaban J connectivity index is 1.72. The van der Waals surface area contributed by atoms with Crippen molar-refractivity contribution in [3.63, 3.8) is 0 Å². The molecular weight excluding hydrogens is 326 g/mol. The predicted octanol–water partition coefficient (Wildman–Crippen LogP) is 2.92. The number of nitrogens with one attached hydrogen (secondary N) is 2. The first-order valence-electron chi connectivity index (χ1n) is 7.42. The molecule has 122 valence electrons. The Morgan fingerprint density at radius 2 is 1.71 bits per heavy atom. The van der Waals surface area contributed by atoms with E-state index in [1.807, 2.05) is 6.07 Å². The van der Waals surface area contributed by atoms with Crippen LogP contribution in [0, 0.1) is 11.3 Å². The third-order valence-electron chi connectivity index (χ3n) is 3.78. The van der Waals surface area contributed by atoms with Crippen molar-refractivity contribution in [2.45, 2.75) is 17.7 Å². The summed E-state index contributed by atoms with van der Waals surface area (Å²) >= 11 is 0. The van der Waals surface area contributed by atoms with E-state index in [1.165, 1.54) is 0 Å². The van der Waals surface area contributed by atoms with Crippen LogP contribution < -0.4 is 10.6 Å². The van der Waals surface area contributed by atoms with E-state index < -0.39 is 15.9 Å². The van der Waals surface area contributed by atoms with Gasteiger partial charge in [0.05, 0.1) is 22.3 Å². The minimum atomic E-state index is -3.20. The van der Waals surface area contributed by atoms with Gasteiger partial charge in [-0.15, -0.1) is 0 Å². The van der Waals surface area contributed by atoms with Crippen molar-refractivity contribution < 1.29 is 13.2 Å². The first kappa shape index (κ1) is 16.0. The molecule has 2 N–H and O–H groups in total. The van der Waals surface area contributed by atoms with Crippen LogP contribution in [0.2, 0.25) is 0 Å². The predicted molar refractivity (Wildman–Crippen MR) is 90.6 cm³/mol. The van der Waals surface area contributed by atoms with Gasteiger partial charge in [-0.2, -0.15) is 5.26 Å². The molecule has 0 saturated heterocycles. The van der Waals surface area contributed by atoms with Crippen LogP contribution >= 0.6 is 0 Å². The summed E-state index contributed by atoms with van der Waals surface area (Å²) in [5.41, 5.74) is 2.35. The Labute approximate surface area is 140 Å². The fraction of sp³-hybridized carbons (Fsp3) is 0.176. The van der Waals surface area contributed by atoms with E-state index in [0.717, 1.165) is 5.56 Å². The molecule has 0 fully saturated rings. The third-order valence-corrected chi connectivity index (χ3v) is 5.68. The van der Waals surface area contributed by atoms with Gasteiger partial charge in [0.15, 0.2) is 9.84 Å². The molecule has 0 spiro atoms. The number of anilines is 2. The van der Waals surface area contributed by atoms with E-state index in [4.69, 9.17) is 5.26 Å². The van der Waals surface area contributed by atoms with E-state index in [9.17, 15) is 13.2 Å². The van der Waals surface area contributed by atoms with Crippen LogP contribution in [0.25, 0.3) is 0 Å². The smallest absolute Gasteiger partial charge is 0.308 e. The molecule has 2 aromatic carbocycles. The van der Waals surface area contributed by atoms with Crippen LogP contribution in [-0.4, -0.2) is 20.2 Å². The van der Waals surface area contributed by atoms with Gasteiger partial charge in [0.1, 0.15) is 0 Å². The Bertz CT molecular complexity index is 929. The van der Waals surface area contributed by atoms with Gasteiger partial charge in [0, 0.05) is 11.4 Å². The summed E-state index contributed by atoms with van der Waals surface area (Å²) < 4.78 is 24.0. The molecule has 0 radical (unpaired) electrons. The number of amides is 2. The minimum absolute atomic E-state index is 0.173. The highest BCUT2D eigenvalue weighted by Crippen LogP contribution is 2.27. The van der Waals surface area contributed by atoms with Crippen molar-refractivity contribution >= 4 is 27.2 Å². The van der Waals surface area contributed by atoms with Crippen molar-refractivity contribution in [3.8, 4) is 6.07 Å². The molecule has 0 atom stereocenters. The van der Waals surface area contributed by atoms with Gasteiger partial charge in [-0.25, -0.2) is 13.2 Å². The summed E-state index contributed by atoms with van der Waals surface area (Å²) in [6.45, 7) is 0. The molecular formula is C17H15N3O3S. The highest BCUT2D eigenvalue weighted by atomic mass is 32.2. The lowest BCUT2D eigenvalue weighted by atomic mass is 10.1. The van der Waals surface area contributed by atoms with Crippen molar-refractivity contribution in [3.05, 3.63) is 53.6 Å². The van der Waals surface area contributed by atoms with Gasteiger partial charge in [-0.1, -0.05) is 0 Å². The summed E-state index contributed by atoms with van der Waals surface area (Å²) in [7, 11) is -3.20. The summed E-state index contributed by atoms with van der Waals surface area (Å²) in [4.78, 5) is 12.4. The van der Waals surface area contributed by atoms with Crippen molar-refractivity contribution in [1.29, 1.82) is 5.26 Å². The molecule has 6 nitrogen and oxygen atoms in total. The van der Waals surface area contributed by atoms with E-state index >= 15 is 0 Å². The van der Waals surface area contributed by atoms with Gasteiger partial charge < -0.3 is 10.6 Å². The number of sulfone groups is 1. The fourth-order valence-electron chi connectivity index (χ4n) is 2.64. The lowest BCUT2D eigenvalue weighted by molar-refractivity contribution is 0.262. The third kappa shape index (κ3) is 3.39. The quantitative estimate of drug-likeness (QED) is 0.877. The second-order valence-corrected chi connectivity index (χ2v) is 7.59. The molecule has 7 heteroatoms. The highest BCUT2D eigenvalue weighted by Gasteiger charge is 2.23. The maximum Gasteiger partial charge on any atom is 0.323 e. The zero-order valence-electron chi connectivity index (χ0n) is 12.7. The summed E-state index contributed by atoms with van der Waals surface area (Å²) in [5.74, 6) is 0.173. The Morgan fingerprint density at radius 3 is 2.42 bits per heavy atom. The molecule has 0 aliphatic carbocycles. The first-order valence-corrected chi connectivity index (χ1v) is 9.07. The SMILES string of the molecule is N#Cc1ccc(NC(=O)Nc2ccc3c(c2)CCCS3(=O)=O)cc1. The molecule has 2 amide bonds. The number of carbonyl (C=O) groups excluding carboxylic acids is 1. The van der Waals surface area contributed by atoms with Crippen molar-refractivity contribution in [1.82, 2.24) is 0 Å². The molecule has 3 rings (SSSR count). The first-order chi connectivity index (χ1) is 11.5. The van der Waals surface area contributed by atoms with Gasteiger partial charge >= 0.3 is 6.03 Å². The average Bonchev–Trinajstić information content (AvgIpc) is 2.55. The second kappa shape index (κ2) is 6.34. The number of rotatable bonds is 2. The molecule has 1 heterocycles. The number of carbonyl (C=O) groups is 1. The lowest BCUT2D eigenvalue weighted by Gasteiger charge is -2.17. The largest absolute Gasteiger partial charge is 0.323 e. The van der Waals surface area contributed by atoms with Crippen molar-refractivity contribution in [2.24, 2.45) is 0 Å². The summed E-state index contributed by atoms with van der Waals surface area (Å²) in [5, 5.41) is 14.1. The summed E-state index contributed by atoms with van der Waals surface area (Å²) in [6.07, 6.45) is 1.28. The van der Waals surface area contributed by atoms with Gasteiger partial charge in [-0.3, -0.25) is 0 Å². The number of urea groups is 1. The number of nitriles is 1. The van der Waals surface area contributed by atoms with E-state index in [0.29, 0.717) is 34.7 Å². The Morgan fingerprint density at radius 1 is 1.04 bits per heavy atom. The van der Waals surface area contributed by atoms with E-state index in [-0.39, 0.29) is 5.75 Å². The lowest BCUT2D eigenvalue weighted by Crippen LogP contribution is -2.20. The van der Waals surface area contributed by atoms with Crippen LogP contribution in [0.3, 0.4) is 0 Å². The molecule has 1 aliphatic heterocycles. The molecule has 0 aromatic heterocycles. The minimum Gasteiger partial charge on any atom is -0.308 e. The van der Waals surface area contributed by atoms with Crippen molar-refractivity contribution in [2.75, 3.05) is 16.4 Å². The normalized spacial score (nSPS) is 15.0. The van der Waals surface area contributed by atoms with Gasteiger partial charge in [0.2, 0.25) is 0 Å². The topological polar surface area (TPSA) is 99.1 Å².